The number of carbonyl (C=O) groups excluding carboxylic acids is 2. The second-order valence-corrected chi connectivity index (χ2v) is 9.51. The molecule has 11 heteroatoms. The Morgan fingerprint density at radius 1 is 1.06 bits per heavy atom. The van der Waals surface area contributed by atoms with Crippen LogP contribution in [-0.2, 0) is 42.2 Å². The van der Waals surface area contributed by atoms with Crippen LogP contribution in [-0.4, -0.2) is 70.5 Å². The van der Waals surface area contributed by atoms with Gasteiger partial charge in [0.15, 0.2) is 6.61 Å². The van der Waals surface area contributed by atoms with E-state index in [0.717, 1.165) is 30.8 Å². The van der Waals surface area contributed by atoms with E-state index in [0.29, 0.717) is 25.3 Å². The molecule has 0 atom stereocenters. The van der Waals surface area contributed by atoms with E-state index in [2.05, 4.69) is 19.9 Å². The van der Waals surface area contributed by atoms with E-state index < -0.39 is 35.1 Å². The first-order valence-electron chi connectivity index (χ1n) is 10.9. The molecule has 0 spiro atoms. The summed E-state index contributed by atoms with van der Waals surface area (Å²) in [4.78, 5) is 30.6. The van der Waals surface area contributed by atoms with Crippen molar-refractivity contribution in [2.24, 2.45) is 4.99 Å². The summed E-state index contributed by atoms with van der Waals surface area (Å²) in [6.07, 6.45) is 0. The second kappa shape index (κ2) is 10.8. The molecule has 0 unspecified atom stereocenters. The van der Waals surface area contributed by atoms with Crippen molar-refractivity contribution in [3.05, 3.63) is 65.2 Å². The van der Waals surface area contributed by atoms with Gasteiger partial charge in [-0.05, 0) is 23.3 Å². The van der Waals surface area contributed by atoms with E-state index in [1.54, 1.807) is 18.2 Å². The molecule has 2 aromatic rings. The SMILES string of the molecule is O=C(COC(=O)CN=C1NS(=O)(=O)c2ccccc21)NCc1ccccc1CN1CCOCC1. The Balaban J connectivity index is 1.24. The van der Waals surface area contributed by atoms with Crippen LogP contribution in [0.2, 0.25) is 0 Å². The molecule has 0 aliphatic carbocycles. The molecule has 0 bridgehead atoms. The number of hydrogen-bond donors (Lipinski definition) is 2. The molecule has 0 saturated carbocycles. The molecule has 0 radical (unpaired) electrons. The minimum atomic E-state index is -3.68. The van der Waals surface area contributed by atoms with Gasteiger partial charge in [-0.3, -0.25) is 24.2 Å². The lowest BCUT2D eigenvalue weighted by molar-refractivity contribution is -0.147. The number of aliphatic imine (C=N–C) groups is 1. The lowest BCUT2D eigenvalue weighted by Crippen LogP contribution is -2.36. The van der Waals surface area contributed by atoms with Gasteiger partial charge in [-0.25, -0.2) is 8.42 Å². The van der Waals surface area contributed by atoms with Crippen molar-refractivity contribution in [3.8, 4) is 0 Å². The number of rotatable bonds is 8. The summed E-state index contributed by atoms with van der Waals surface area (Å²) in [6.45, 7) is 3.40. The van der Waals surface area contributed by atoms with Gasteiger partial charge in [0.2, 0.25) is 0 Å². The number of amides is 1. The third-order valence-electron chi connectivity index (χ3n) is 5.49. The molecular weight excluding hydrogens is 460 g/mol. The fourth-order valence-electron chi connectivity index (χ4n) is 3.72. The Bertz CT molecular complexity index is 1190. The molecular formula is C23H26N4O6S. The number of amidine groups is 1. The number of fused-ring (bicyclic) bond motifs is 1. The maximum absolute atomic E-state index is 12.2. The summed E-state index contributed by atoms with van der Waals surface area (Å²) in [5.74, 6) is -1.10. The van der Waals surface area contributed by atoms with E-state index in [1.165, 1.54) is 6.07 Å². The molecule has 2 aliphatic rings. The number of ether oxygens (including phenoxy) is 2. The third-order valence-corrected chi connectivity index (χ3v) is 6.88. The quantitative estimate of drug-likeness (QED) is 0.518. The zero-order valence-electron chi connectivity index (χ0n) is 18.5. The minimum absolute atomic E-state index is 0.0777. The summed E-state index contributed by atoms with van der Waals surface area (Å²) < 4.78 is 36.8. The summed E-state index contributed by atoms with van der Waals surface area (Å²) in [5.41, 5.74) is 2.51. The molecule has 0 aromatic heterocycles. The Morgan fingerprint density at radius 3 is 2.56 bits per heavy atom. The van der Waals surface area contributed by atoms with Crippen LogP contribution >= 0.6 is 0 Å². The topological polar surface area (TPSA) is 126 Å². The highest BCUT2D eigenvalue weighted by Gasteiger charge is 2.30. The van der Waals surface area contributed by atoms with Gasteiger partial charge in [0, 0.05) is 31.7 Å². The fourth-order valence-corrected chi connectivity index (χ4v) is 4.97. The molecule has 1 fully saturated rings. The first-order chi connectivity index (χ1) is 16.4. The van der Waals surface area contributed by atoms with Gasteiger partial charge in [-0.2, -0.15) is 0 Å². The number of hydrogen-bond acceptors (Lipinski definition) is 8. The van der Waals surface area contributed by atoms with Gasteiger partial charge in [0.05, 0.1) is 18.1 Å². The van der Waals surface area contributed by atoms with Crippen LogP contribution in [0.15, 0.2) is 58.4 Å². The first-order valence-corrected chi connectivity index (χ1v) is 12.4. The van der Waals surface area contributed by atoms with Crippen LogP contribution in [0.3, 0.4) is 0 Å². The van der Waals surface area contributed by atoms with Gasteiger partial charge < -0.3 is 14.8 Å². The van der Waals surface area contributed by atoms with Crippen molar-refractivity contribution in [2.45, 2.75) is 18.0 Å². The van der Waals surface area contributed by atoms with Gasteiger partial charge >= 0.3 is 5.97 Å². The molecule has 2 heterocycles. The number of morpholine rings is 1. The number of nitrogens with one attached hydrogen (secondary N) is 2. The van der Waals surface area contributed by atoms with Gasteiger partial charge in [0.1, 0.15) is 12.4 Å². The lowest BCUT2D eigenvalue weighted by Gasteiger charge is -2.27. The Morgan fingerprint density at radius 2 is 1.76 bits per heavy atom. The lowest BCUT2D eigenvalue weighted by atomic mass is 10.1. The number of nitrogens with zero attached hydrogens (tertiary/aromatic N) is 2. The van der Waals surface area contributed by atoms with Gasteiger partial charge in [-0.1, -0.05) is 36.4 Å². The highest BCUT2D eigenvalue weighted by atomic mass is 32.2. The highest BCUT2D eigenvalue weighted by Crippen LogP contribution is 2.22. The summed E-state index contributed by atoms with van der Waals surface area (Å²) >= 11 is 0. The van der Waals surface area contributed by atoms with Crippen molar-refractivity contribution < 1.29 is 27.5 Å². The van der Waals surface area contributed by atoms with Crippen LogP contribution in [0, 0.1) is 0 Å². The van der Waals surface area contributed by atoms with Crippen molar-refractivity contribution in [2.75, 3.05) is 39.5 Å². The second-order valence-electron chi connectivity index (χ2n) is 7.86. The molecule has 2 N–H and O–H groups in total. The van der Waals surface area contributed by atoms with Gasteiger partial charge in [0.25, 0.3) is 15.9 Å². The number of benzene rings is 2. The Hall–Kier alpha value is -3.28. The average molecular weight is 487 g/mol. The van der Waals surface area contributed by atoms with E-state index in [-0.39, 0.29) is 10.7 Å². The zero-order valence-corrected chi connectivity index (χ0v) is 19.3. The number of carbonyl (C=O) groups is 2. The monoisotopic (exact) mass is 486 g/mol. The van der Waals surface area contributed by atoms with Crippen molar-refractivity contribution in [1.29, 1.82) is 0 Å². The molecule has 1 saturated heterocycles. The average Bonchev–Trinajstić information content (AvgIpc) is 3.11. The van der Waals surface area contributed by atoms with Crippen molar-refractivity contribution >= 4 is 27.7 Å². The maximum Gasteiger partial charge on any atom is 0.328 e. The number of esters is 1. The Labute approximate surface area is 198 Å². The first kappa shape index (κ1) is 23.9. The van der Waals surface area contributed by atoms with E-state index in [1.807, 2.05) is 24.3 Å². The third kappa shape index (κ3) is 5.99. The van der Waals surface area contributed by atoms with E-state index >= 15 is 0 Å². The molecule has 4 rings (SSSR count). The summed E-state index contributed by atoms with van der Waals surface area (Å²) in [5, 5.41) is 2.77. The van der Waals surface area contributed by atoms with Crippen LogP contribution in [0.5, 0.6) is 0 Å². The van der Waals surface area contributed by atoms with Crippen LogP contribution in [0.25, 0.3) is 0 Å². The van der Waals surface area contributed by atoms with E-state index in [4.69, 9.17) is 9.47 Å². The molecule has 1 amide bonds. The Kier molecular flexibility index (Phi) is 7.56. The molecule has 10 nitrogen and oxygen atoms in total. The summed E-state index contributed by atoms with van der Waals surface area (Å²) in [7, 11) is -3.68. The molecule has 180 valence electrons. The van der Waals surface area contributed by atoms with Crippen LogP contribution in [0.1, 0.15) is 16.7 Å². The predicted molar refractivity (Wildman–Crippen MR) is 124 cm³/mol. The van der Waals surface area contributed by atoms with Crippen molar-refractivity contribution in [1.82, 2.24) is 14.9 Å². The van der Waals surface area contributed by atoms with E-state index in [9.17, 15) is 18.0 Å². The molecule has 2 aliphatic heterocycles. The summed E-state index contributed by atoms with van der Waals surface area (Å²) in [6, 6.07) is 14.2. The fraction of sp³-hybridized carbons (Fsp3) is 0.348. The minimum Gasteiger partial charge on any atom is -0.454 e. The molecule has 34 heavy (non-hydrogen) atoms. The normalized spacial score (nSPS) is 18.2. The zero-order chi connectivity index (χ0) is 24.0. The van der Waals surface area contributed by atoms with Gasteiger partial charge in [-0.15, -0.1) is 0 Å². The van der Waals surface area contributed by atoms with Crippen LogP contribution < -0.4 is 10.0 Å². The molecule has 2 aromatic carbocycles. The largest absolute Gasteiger partial charge is 0.454 e. The maximum atomic E-state index is 12.2. The predicted octanol–water partition coefficient (Wildman–Crippen LogP) is 0.417. The standard InChI is InChI=1S/C23H26N4O6S/c28-21(24-13-17-5-1-2-6-18(17)15-27-9-11-32-12-10-27)16-33-22(29)14-25-23-19-7-3-4-8-20(19)34(30,31)26-23/h1-8H,9-16H2,(H,24,28)(H,25,26). The number of sulfonamides is 1. The smallest absolute Gasteiger partial charge is 0.328 e. The van der Waals surface area contributed by atoms with Crippen molar-refractivity contribution in [3.63, 3.8) is 0 Å². The highest BCUT2D eigenvalue weighted by molar-refractivity contribution is 7.90. The van der Waals surface area contributed by atoms with Crippen LogP contribution in [0.4, 0.5) is 0 Å².